The van der Waals surface area contributed by atoms with Gasteiger partial charge >= 0.3 is 0 Å². The summed E-state index contributed by atoms with van der Waals surface area (Å²) in [7, 11) is 4.66. The van der Waals surface area contributed by atoms with E-state index in [-0.39, 0.29) is 11.8 Å². The van der Waals surface area contributed by atoms with Crippen LogP contribution in [0.4, 0.5) is 0 Å². The number of nitrogens with zero attached hydrogens (tertiary/aromatic N) is 2. The van der Waals surface area contributed by atoms with E-state index in [2.05, 4.69) is 31.6 Å². The first-order valence-corrected chi connectivity index (χ1v) is 12.7. The minimum atomic E-state index is -1.38. The average Bonchev–Trinajstić information content (AvgIpc) is 3.52. The van der Waals surface area contributed by atoms with Gasteiger partial charge in [0.1, 0.15) is 0 Å². The Morgan fingerprint density at radius 1 is 1.06 bits per heavy atom. The molecule has 1 saturated carbocycles. The molecule has 2 aromatic rings. The zero-order valence-corrected chi connectivity index (χ0v) is 19.8. The summed E-state index contributed by atoms with van der Waals surface area (Å²) in [6, 6.07) is 14.6. The molecule has 1 atom stereocenters. The smallest absolute Gasteiger partial charge is 0.259 e. The first-order chi connectivity index (χ1) is 14.9. The number of piperidine rings is 1. The SMILES string of the molecule is C[N+](C)(CCc1cccs1)C1CCN(C(=O)C(O)(c2ccccc2)C2CCCC2)CC1. The summed E-state index contributed by atoms with van der Waals surface area (Å²) in [6.07, 6.45) is 7.17. The van der Waals surface area contributed by atoms with E-state index in [0.29, 0.717) is 6.04 Å². The standard InChI is InChI=1S/C26H37N2O2S/c1-28(2,19-16-24-13-8-20-31-24)23-14-17-27(18-15-23)25(29)26(30,22-11-6-7-12-22)21-9-4-3-5-10-21/h3-5,8-10,13,20,22-23,30H,6-7,11-12,14-19H2,1-2H3/q+1. The number of amides is 1. The fourth-order valence-corrected chi connectivity index (χ4v) is 6.31. The summed E-state index contributed by atoms with van der Waals surface area (Å²) in [4.78, 5) is 17.1. The second kappa shape index (κ2) is 9.43. The highest BCUT2D eigenvalue weighted by Crippen LogP contribution is 2.42. The molecule has 1 unspecified atom stereocenters. The lowest BCUT2D eigenvalue weighted by Crippen LogP contribution is -2.58. The fourth-order valence-electron chi connectivity index (χ4n) is 5.61. The molecular weight excluding hydrogens is 404 g/mol. The molecule has 0 spiro atoms. The zero-order chi connectivity index (χ0) is 21.9. The maximum atomic E-state index is 13.7. The third-order valence-electron chi connectivity index (χ3n) is 7.74. The van der Waals surface area contributed by atoms with Crippen LogP contribution in [0.1, 0.15) is 49.0 Å². The van der Waals surface area contributed by atoms with Gasteiger partial charge in [0, 0.05) is 43.1 Å². The van der Waals surface area contributed by atoms with Gasteiger partial charge in [-0.05, 0) is 29.9 Å². The Balaban J connectivity index is 1.42. The van der Waals surface area contributed by atoms with Crippen LogP contribution in [0.25, 0.3) is 0 Å². The Bertz CT molecular complexity index is 838. The van der Waals surface area contributed by atoms with Crippen LogP contribution in [-0.2, 0) is 16.8 Å². The third-order valence-corrected chi connectivity index (χ3v) is 8.68. The number of likely N-dealkylation sites (tertiary alicyclic amines) is 1. The first kappa shape index (κ1) is 22.5. The van der Waals surface area contributed by atoms with Gasteiger partial charge < -0.3 is 14.5 Å². The van der Waals surface area contributed by atoms with Crippen LogP contribution < -0.4 is 0 Å². The molecule has 0 bridgehead atoms. The quantitative estimate of drug-likeness (QED) is 0.646. The van der Waals surface area contributed by atoms with E-state index in [0.717, 1.165) is 74.6 Å². The monoisotopic (exact) mass is 441 g/mol. The van der Waals surface area contributed by atoms with E-state index >= 15 is 0 Å². The van der Waals surface area contributed by atoms with Crippen LogP contribution >= 0.6 is 11.3 Å². The lowest BCUT2D eigenvalue weighted by Gasteiger charge is -2.45. The van der Waals surface area contributed by atoms with Crippen molar-refractivity contribution in [3.05, 3.63) is 58.3 Å². The third kappa shape index (κ3) is 4.74. The van der Waals surface area contributed by atoms with Crippen molar-refractivity contribution in [1.82, 2.24) is 4.90 Å². The highest BCUT2D eigenvalue weighted by atomic mass is 32.1. The number of carbonyl (C=O) groups is 1. The molecule has 4 rings (SSSR count). The maximum absolute atomic E-state index is 13.7. The van der Waals surface area contributed by atoms with Crippen molar-refractivity contribution >= 4 is 17.2 Å². The number of hydrogen-bond donors (Lipinski definition) is 1. The largest absolute Gasteiger partial charge is 0.375 e. The lowest BCUT2D eigenvalue weighted by atomic mass is 9.78. The van der Waals surface area contributed by atoms with E-state index in [9.17, 15) is 9.90 Å². The zero-order valence-electron chi connectivity index (χ0n) is 19.0. The Morgan fingerprint density at radius 2 is 1.74 bits per heavy atom. The van der Waals surface area contributed by atoms with Gasteiger partial charge in [0.05, 0.1) is 26.7 Å². The fraction of sp³-hybridized carbons (Fsp3) is 0.577. The molecule has 168 valence electrons. The predicted octanol–water partition coefficient (Wildman–Crippen LogP) is 4.44. The van der Waals surface area contributed by atoms with E-state index in [1.807, 2.05) is 46.6 Å². The summed E-state index contributed by atoms with van der Waals surface area (Å²) >= 11 is 1.84. The van der Waals surface area contributed by atoms with Crippen molar-refractivity contribution in [2.45, 2.75) is 56.6 Å². The van der Waals surface area contributed by atoms with Gasteiger partial charge in [-0.3, -0.25) is 4.79 Å². The van der Waals surface area contributed by atoms with Crippen molar-refractivity contribution in [3.63, 3.8) is 0 Å². The minimum Gasteiger partial charge on any atom is -0.375 e. The van der Waals surface area contributed by atoms with Gasteiger partial charge in [-0.2, -0.15) is 0 Å². The summed E-state index contributed by atoms with van der Waals surface area (Å²) in [5.74, 6) is -0.0499. The number of aliphatic hydroxyl groups is 1. The minimum absolute atomic E-state index is 0.0261. The van der Waals surface area contributed by atoms with Gasteiger partial charge in [-0.25, -0.2) is 0 Å². The molecule has 5 heteroatoms. The van der Waals surface area contributed by atoms with Gasteiger partial charge in [-0.1, -0.05) is 49.2 Å². The predicted molar refractivity (Wildman–Crippen MR) is 127 cm³/mol. The maximum Gasteiger partial charge on any atom is 0.259 e. The molecule has 2 fully saturated rings. The van der Waals surface area contributed by atoms with Gasteiger partial charge in [-0.15, -0.1) is 11.3 Å². The second-order valence-electron chi connectivity index (χ2n) is 9.97. The molecular formula is C26H37N2O2S+. The molecule has 0 radical (unpaired) electrons. The molecule has 1 N–H and O–H groups in total. The molecule has 1 aliphatic carbocycles. The Morgan fingerprint density at radius 3 is 2.35 bits per heavy atom. The van der Waals surface area contributed by atoms with E-state index in [1.165, 1.54) is 4.88 Å². The van der Waals surface area contributed by atoms with Crippen molar-refractivity contribution in [2.75, 3.05) is 33.7 Å². The molecule has 4 nitrogen and oxygen atoms in total. The summed E-state index contributed by atoms with van der Waals surface area (Å²) in [6.45, 7) is 2.60. The summed E-state index contributed by atoms with van der Waals surface area (Å²) in [5, 5.41) is 14.0. The molecule has 1 saturated heterocycles. The molecule has 1 aliphatic heterocycles. The van der Waals surface area contributed by atoms with Crippen LogP contribution in [0.15, 0.2) is 47.8 Å². The van der Waals surface area contributed by atoms with Crippen LogP contribution in [-0.4, -0.2) is 60.2 Å². The van der Waals surface area contributed by atoms with Gasteiger partial charge in [0.2, 0.25) is 0 Å². The van der Waals surface area contributed by atoms with Gasteiger partial charge in [0.25, 0.3) is 5.91 Å². The topological polar surface area (TPSA) is 40.5 Å². The van der Waals surface area contributed by atoms with Crippen molar-refractivity contribution < 1.29 is 14.4 Å². The Kier molecular flexibility index (Phi) is 6.85. The molecule has 1 aromatic heterocycles. The molecule has 1 amide bonds. The molecule has 31 heavy (non-hydrogen) atoms. The van der Waals surface area contributed by atoms with Crippen LogP contribution in [0, 0.1) is 5.92 Å². The van der Waals surface area contributed by atoms with E-state index < -0.39 is 5.60 Å². The number of benzene rings is 1. The van der Waals surface area contributed by atoms with Crippen molar-refractivity contribution in [1.29, 1.82) is 0 Å². The Labute approximate surface area is 191 Å². The molecule has 1 aromatic carbocycles. The number of carbonyl (C=O) groups excluding carboxylic acids is 1. The van der Waals surface area contributed by atoms with Crippen LogP contribution in [0.5, 0.6) is 0 Å². The Hall–Kier alpha value is -1.69. The molecule has 2 aliphatic rings. The average molecular weight is 442 g/mol. The molecule has 2 heterocycles. The van der Waals surface area contributed by atoms with E-state index in [4.69, 9.17) is 0 Å². The number of hydrogen-bond acceptors (Lipinski definition) is 3. The first-order valence-electron chi connectivity index (χ1n) is 11.8. The highest BCUT2D eigenvalue weighted by Gasteiger charge is 2.49. The van der Waals surface area contributed by atoms with Crippen LogP contribution in [0.2, 0.25) is 0 Å². The highest BCUT2D eigenvalue weighted by molar-refractivity contribution is 7.09. The van der Waals surface area contributed by atoms with Gasteiger partial charge in [0.15, 0.2) is 5.60 Å². The number of quaternary nitrogens is 1. The number of likely N-dealkylation sites (N-methyl/N-ethyl adjacent to an activating group) is 1. The number of rotatable bonds is 7. The summed E-state index contributed by atoms with van der Waals surface area (Å²) in [5.41, 5.74) is -0.616. The number of thiophene rings is 1. The normalized spacial score (nSPS) is 20.7. The van der Waals surface area contributed by atoms with Crippen LogP contribution in [0.3, 0.4) is 0 Å². The van der Waals surface area contributed by atoms with Crippen molar-refractivity contribution in [2.24, 2.45) is 5.92 Å². The van der Waals surface area contributed by atoms with Crippen molar-refractivity contribution in [3.8, 4) is 0 Å². The summed E-state index contributed by atoms with van der Waals surface area (Å²) < 4.78 is 0.992. The lowest BCUT2D eigenvalue weighted by molar-refractivity contribution is -0.916. The second-order valence-corrected chi connectivity index (χ2v) is 11.0. The van der Waals surface area contributed by atoms with E-state index in [1.54, 1.807) is 0 Å².